The molecule has 1 heterocycles. The van der Waals surface area contributed by atoms with E-state index in [1.807, 2.05) is 68.4 Å². The molecule has 4 aromatic carbocycles. The van der Waals surface area contributed by atoms with Gasteiger partial charge < -0.3 is 5.32 Å². The molecule has 1 aliphatic rings. The molecule has 4 aromatic rings. The molecule has 0 spiro atoms. The number of carbonyl (C=O) groups is 2. The Kier molecular flexibility index (Phi) is 5.02. The van der Waals surface area contributed by atoms with Gasteiger partial charge in [0.1, 0.15) is 11.5 Å². The number of rotatable bonds is 4. The summed E-state index contributed by atoms with van der Waals surface area (Å²) in [6, 6.07) is 24.6. The van der Waals surface area contributed by atoms with Gasteiger partial charge >= 0.3 is 0 Å². The highest BCUT2D eigenvalue weighted by Gasteiger charge is 2.41. The number of halogens is 1. The van der Waals surface area contributed by atoms with Crippen molar-refractivity contribution in [1.82, 2.24) is 0 Å². The summed E-state index contributed by atoms with van der Waals surface area (Å²) in [5, 5.41) is 4.74. The Morgan fingerprint density at radius 1 is 0.758 bits per heavy atom. The molecule has 0 saturated heterocycles. The van der Waals surface area contributed by atoms with Crippen LogP contribution in [0.5, 0.6) is 0 Å². The first-order chi connectivity index (χ1) is 15.9. The van der Waals surface area contributed by atoms with E-state index in [0.29, 0.717) is 16.9 Å². The lowest BCUT2D eigenvalue weighted by Gasteiger charge is -2.18. The van der Waals surface area contributed by atoms with E-state index in [1.165, 1.54) is 17.0 Å². The molecule has 162 valence electrons. The van der Waals surface area contributed by atoms with E-state index >= 15 is 0 Å². The van der Waals surface area contributed by atoms with E-state index in [0.717, 1.165) is 21.9 Å². The van der Waals surface area contributed by atoms with Crippen LogP contribution in [0.4, 0.5) is 15.8 Å². The topological polar surface area (TPSA) is 49.4 Å². The van der Waals surface area contributed by atoms with Gasteiger partial charge in [-0.1, -0.05) is 60.7 Å². The molecule has 0 fully saturated rings. The third kappa shape index (κ3) is 3.57. The predicted octanol–water partition coefficient (Wildman–Crippen LogP) is 5.99. The van der Waals surface area contributed by atoms with Gasteiger partial charge in [-0.2, -0.15) is 0 Å². The number of amides is 2. The number of benzene rings is 4. The lowest BCUT2D eigenvalue weighted by atomic mass is 9.99. The zero-order chi connectivity index (χ0) is 23.1. The van der Waals surface area contributed by atoms with Crippen LogP contribution < -0.4 is 10.2 Å². The number of carbonyl (C=O) groups excluding carboxylic acids is 2. The molecule has 5 rings (SSSR count). The fourth-order valence-electron chi connectivity index (χ4n) is 4.14. The van der Waals surface area contributed by atoms with Gasteiger partial charge in [-0.05, 0) is 60.2 Å². The second-order valence-corrected chi connectivity index (χ2v) is 8.13. The van der Waals surface area contributed by atoms with E-state index in [1.54, 1.807) is 18.2 Å². The highest BCUT2D eigenvalue weighted by Crippen LogP contribution is 2.37. The summed E-state index contributed by atoms with van der Waals surface area (Å²) in [6.07, 6.45) is 0. The Morgan fingerprint density at radius 2 is 1.52 bits per heavy atom. The zero-order valence-electron chi connectivity index (χ0n) is 18.2. The molecule has 0 aromatic heterocycles. The Morgan fingerprint density at radius 3 is 2.30 bits per heavy atom. The van der Waals surface area contributed by atoms with Gasteiger partial charge in [0.25, 0.3) is 11.8 Å². The maximum atomic E-state index is 13.8. The maximum Gasteiger partial charge on any atom is 0.282 e. The summed E-state index contributed by atoms with van der Waals surface area (Å²) >= 11 is 0. The van der Waals surface area contributed by atoms with Crippen molar-refractivity contribution in [2.75, 3.05) is 10.2 Å². The number of aryl methyl sites for hydroxylation is 2. The average molecular weight is 436 g/mol. The Hall–Kier alpha value is -4.25. The molecule has 33 heavy (non-hydrogen) atoms. The van der Waals surface area contributed by atoms with Crippen LogP contribution in [-0.4, -0.2) is 11.8 Å². The maximum absolute atomic E-state index is 13.8. The SMILES string of the molecule is Cc1ccc(C2=C(Nc3cccc(F)c3)C(=O)N(c3cccc4ccccc34)C2=O)cc1C. The number of anilines is 2. The summed E-state index contributed by atoms with van der Waals surface area (Å²) in [5.74, 6) is -1.33. The summed E-state index contributed by atoms with van der Waals surface area (Å²) in [5.41, 5.74) is 4.03. The molecule has 0 saturated carbocycles. The first-order valence-corrected chi connectivity index (χ1v) is 10.6. The quantitative estimate of drug-likeness (QED) is 0.400. The molecule has 1 N–H and O–H groups in total. The molecule has 0 aliphatic carbocycles. The van der Waals surface area contributed by atoms with E-state index in [4.69, 9.17) is 0 Å². The van der Waals surface area contributed by atoms with Crippen molar-refractivity contribution in [3.05, 3.63) is 113 Å². The lowest BCUT2D eigenvalue weighted by Crippen LogP contribution is -2.32. The van der Waals surface area contributed by atoms with Gasteiger partial charge in [0.2, 0.25) is 0 Å². The van der Waals surface area contributed by atoms with E-state index < -0.39 is 17.6 Å². The highest BCUT2D eigenvalue weighted by atomic mass is 19.1. The molecule has 0 unspecified atom stereocenters. The first kappa shape index (κ1) is 20.6. The Balaban J connectivity index is 1.68. The Labute approximate surface area is 191 Å². The van der Waals surface area contributed by atoms with Crippen LogP contribution in [0.15, 0.2) is 90.6 Å². The largest absolute Gasteiger partial charge is 0.350 e. The second-order valence-electron chi connectivity index (χ2n) is 8.13. The van der Waals surface area contributed by atoms with Crippen molar-refractivity contribution in [3.8, 4) is 0 Å². The van der Waals surface area contributed by atoms with E-state index in [2.05, 4.69) is 5.32 Å². The smallest absolute Gasteiger partial charge is 0.282 e. The lowest BCUT2D eigenvalue weighted by molar-refractivity contribution is -0.120. The van der Waals surface area contributed by atoms with Crippen LogP contribution in [0.3, 0.4) is 0 Å². The minimum Gasteiger partial charge on any atom is -0.350 e. The number of fused-ring (bicyclic) bond motifs is 1. The summed E-state index contributed by atoms with van der Waals surface area (Å²) < 4.78 is 13.8. The number of hydrogen-bond acceptors (Lipinski definition) is 3. The third-order valence-electron chi connectivity index (χ3n) is 5.98. The normalized spacial score (nSPS) is 13.8. The molecule has 1 aliphatic heterocycles. The fraction of sp³-hybridized carbons (Fsp3) is 0.0714. The number of nitrogens with zero attached hydrogens (tertiary/aromatic N) is 1. The van der Waals surface area contributed by atoms with Gasteiger partial charge in [-0.15, -0.1) is 0 Å². The van der Waals surface area contributed by atoms with E-state index in [9.17, 15) is 14.0 Å². The Bertz CT molecular complexity index is 1470. The van der Waals surface area contributed by atoms with Gasteiger partial charge in [-0.25, -0.2) is 9.29 Å². The van der Waals surface area contributed by atoms with Gasteiger partial charge in [0, 0.05) is 11.1 Å². The minimum atomic E-state index is -0.478. The van der Waals surface area contributed by atoms with Crippen molar-refractivity contribution in [2.45, 2.75) is 13.8 Å². The molecule has 0 atom stereocenters. The summed E-state index contributed by atoms with van der Waals surface area (Å²) in [7, 11) is 0. The number of nitrogens with one attached hydrogen (secondary N) is 1. The van der Waals surface area contributed by atoms with Crippen molar-refractivity contribution in [2.24, 2.45) is 0 Å². The molecule has 0 bridgehead atoms. The van der Waals surface area contributed by atoms with Crippen molar-refractivity contribution in [3.63, 3.8) is 0 Å². The van der Waals surface area contributed by atoms with Crippen molar-refractivity contribution in [1.29, 1.82) is 0 Å². The summed E-state index contributed by atoms with van der Waals surface area (Å²) in [6.45, 7) is 3.95. The molecule has 4 nitrogen and oxygen atoms in total. The average Bonchev–Trinajstić information content (AvgIpc) is 3.04. The number of imide groups is 1. The van der Waals surface area contributed by atoms with Crippen molar-refractivity contribution < 1.29 is 14.0 Å². The molecular formula is C28H21FN2O2. The highest BCUT2D eigenvalue weighted by molar-refractivity contribution is 6.47. The second kappa shape index (κ2) is 8.02. The molecule has 0 radical (unpaired) electrons. The standard InChI is InChI=1S/C28H21FN2O2/c1-17-13-14-20(15-18(17)2)25-26(30-22-10-6-9-21(29)16-22)28(33)31(27(25)32)24-12-5-8-19-7-3-4-11-23(19)24/h3-16,30H,1-2H3. The van der Waals surface area contributed by atoms with Crippen LogP contribution >= 0.6 is 0 Å². The van der Waals surface area contributed by atoms with Gasteiger partial charge in [-0.3, -0.25) is 9.59 Å². The molecule has 2 amide bonds. The zero-order valence-corrected chi connectivity index (χ0v) is 18.2. The number of hydrogen-bond donors (Lipinski definition) is 1. The third-order valence-corrected chi connectivity index (χ3v) is 5.98. The van der Waals surface area contributed by atoms with Crippen LogP contribution in [0, 0.1) is 19.7 Å². The first-order valence-electron chi connectivity index (χ1n) is 10.6. The van der Waals surface area contributed by atoms with Crippen LogP contribution in [-0.2, 0) is 9.59 Å². The van der Waals surface area contributed by atoms with Crippen LogP contribution in [0.2, 0.25) is 0 Å². The van der Waals surface area contributed by atoms with Crippen LogP contribution in [0.25, 0.3) is 16.3 Å². The monoisotopic (exact) mass is 436 g/mol. The fourth-order valence-corrected chi connectivity index (χ4v) is 4.14. The summed E-state index contributed by atoms with van der Waals surface area (Å²) in [4.78, 5) is 28.6. The van der Waals surface area contributed by atoms with Crippen LogP contribution in [0.1, 0.15) is 16.7 Å². The van der Waals surface area contributed by atoms with E-state index in [-0.39, 0.29) is 11.3 Å². The van der Waals surface area contributed by atoms with Gasteiger partial charge in [0.15, 0.2) is 0 Å². The van der Waals surface area contributed by atoms with Crippen molar-refractivity contribution >= 4 is 39.5 Å². The molecular weight excluding hydrogens is 415 g/mol. The molecule has 5 heteroatoms. The van der Waals surface area contributed by atoms with Gasteiger partial charge in [0.05, 0.1) is 11.3 Å². The predicted molar refractivity (Wildman–Crippen MR) is 129 cm³/mol. The minimum absolute atomic E-state index is 0.127.